The molecule has 0 saturated carbocycles. The second-order valence-corrected chi connectivity index (χ2v) is 9.99. The molecule has 13 heteroatoms. The Kier molecular flexibility index (Phi) is 8.65. The van der Waals surface area contributed by atoms with Gasteiger partial charge in [-0.3, -0.25) is 9.36 Å². The molecule has 2 aromatic rings. The Balaban J connectivity index is 1.42. The van der Waals surface area contributed by atoms with E-state index in [1.54, 1.807) is 11.8 Å². The number of nitrogens with zero attached hydrogens (tertiary/aromatic N) is 5. The third-order valence-electron chi connectivity index (χ3n) is 6.57. The summed E-state index contributed by atoms with van der Waals surface area (Å²) in [6, 6.07) is 0. The van der Waals surface area contributed by atoms with Crippen LogP contribution >= 0.6 is 0 Å². The van der Waals surface area contributed by atoms with Gasteiger partial charge in [0, 0.05) is 26.1 Å². The van der Waals surface area contributed by atoms with Crippen molar-refractivity contribution >= 4 is 29.0 Å². The summed E-state index contributed by atoms with van der Waals surface area (Å²) in [5, 5.41) is 23.5. The molecule has 4 rings (SSSR count). The molecule has 2 aliphatic heterocycles. The summed E-state index contributed by atoms with van der Waals surface area (Å²) in [5.41, 5.74) is 6.64. The van der Waals surface area contributed by atoms with Gasteiger partial charge < -0.3 is 35.6 Å². The second-order valence-electron chi connectivity index (χ2n) is 9.99. The Morgan fingerprint density at radius 2 is 2.00 bits per heavy atom. The van der Waals surface area contributed by atoms with Crippen LogP contribution in [0.1, 0.15) is 52.1 Å². The maximum absolute atomic E-state index is 12.2. The van der Waals surface area contributed by atoms with Crippen molar-refractivity contribution in [1.29, 1.82) is 0 Å². The monoisotopic (exact) mass is 529 g/mol. The van der Waals surface area contributed by atoms with E-state index in [0.29, 0.717) is 50.0 Å². The van der Waals surface area contributed by atoms with Crippen molar-refractivity contribution in [3.8, 4) is 11.8 Å². The molecule has 4 atom stereocenters. The number of aliphatic hydroxyl groups is 2. The number of likely N-dealkylation sites (N-methyl/N-ethyl adjacent to an activating group) is 1. The van der Waals surface area contributed by atoms with Gasteiger partial charge in [-0.15, -0.1) is 0 Å². The van der Waals surface area contributed by atoms with Gasteiger partial charge in [0.05, 0.1) is 12.9 Å². The molecule has 2 fully saturated rings. The number of imidazole rings is 1. The number of amides is 2. The summed E-state index contributed by atoms with van der Waals surface area (Å²) in [7, 11) is 0. The predicted molar refractivity (Wildman–Crippen MR) is 136 cm³/mol. The molecule has 0 aromatic carbocycles. The van der Waals surface area contributed by atoms with Crippen molar-refractivity contribution in [3.05, 3.63) is 12.2 Å². The molecule has 0 spiro atoms. The van der Waals surface area contributed by atoms with E-state index < -0.39 is 30.4 Å². The van der Waals surface area contributed by atoms with Gasteiger partial charge >= 0.3 is 6.09 Å². The minimum atomic E-state index is -1.43. The number of fused-ring (bicyclic) bond motifs is 1. The number of nitrogens with two attached hydrogens (primary N) is 1. The number of carbonyl (C=O) groups excluding carboxylic acids is 2. The van der Waals surface area contributed by atoms with Crippen LogP contribution in [0, 0.1) is 23.7 Å². The molecule has 2 aromatic heterocycles. The number of nitrogen functional groups attached to an aromatic ring is 1. The highest BCUT2D eigenvalue weighted by Crippen LogP contribution is 2.32. The predicted octanol–water partition coefficient (Wildman–Crippen LogP) is 0.410. The average Bonchev–Trinajstić information content (AvgIpc) is 3.44. The molecule has 0 radical (unpaired) electrons. The van der Waals surface area contributed by atoms with E-state index in [1.165, 1.54) is 10.9 Å². The first-order chi connectivity index (χ1) is 18.2. The van der Waals surface area contributed by atoms with Crippen LogP contribution in [0.5, 0.6) is 0 Å². The van der Waals surface area contributed by atoms with E-state index in [4.69, 9.17) is 15.2 Å². The summed E-state index contributed by atoms with van der Waals surface area (Å²) in [5.74, 6) is 6.46. The Bertz CT molecular complexity index is 1210. The first-order valence-electron chi connectivity index (χ1n) is 12.9. The lowest BCUT2D eigenvalue weighted by atomic mass is 9.94. The van der Waals surface area contributed by atoms with Crippen molar-refractivity contribution in [2.24, 2.45) is 11.8 Å². The van der Waals surface area contributed by atoms with Crippen molar-refractivity contribution in [2.45, 2.75) is 64.6 Å². The summed E-state index contributed by atoms with van der Waals surface area (Å²) in [4.78, 5) is 39.0. The molecule has 2 amide bonds. The maximum Gasteiger partial charge on any atom is 0.409 e. The largest absolute Gasteiger partial charge is 0.449 e. The zero-order chi connectivity index (χ0) is 27.4. The van der Waals surface area contributed by atoms with E-state index >= 15 is 0 Å². The maximum atomic E-state index is 12.2. The van der Waals surface area contributed by atoms with Crippen molar-refractivity contribution in [3.63, 3.8) is 0 Å². The average molecular weight is 530 g/mol. The summed E-state index contributed by atoms with van der Waals surface area (Å²) < 4.78 is 12.4. The summed E-state index contributed by atoms with van der Waals surface area (Å²) in [6.07, 6.45) is -1.79. The van der Waals surface area contributed by atoms with Gasteiger partial charge in [0.25, 0.3) is 5.91 Å². The topological polar surface area (TPSA) is 178 Å². The van der Waals surface area contributed by atoms with Crippen LogP contribution in [-0.4, -0.2) is 91.2 Å². The molecule has 4 heterocycles. The second kappa shape index (κ2) is 11.9. The first kappa shape index (κ1) is 27.6. The number of hydrogen-bond acceptors (Lipinski definition) is 10. The van der Waals surface area contributed by atoms with Crippen LogP contribution in [0.3, 0.4) is 0 Å². The molecule has 206 valence electrons. The third-order valence-corrected chi connectivity index (χ3v) is 6.57. The molecule has 2 saturated heterocycles. The lowest BCUT2D eigenvalue weighted by Gasteiger charge is -2.30. The summed E-state index contributed by atoms with van der Waals surface area (Å²) in [6.45, 7) is 7.78. The Morgan fingerprint density at radius 1 is 1.26 bits per heavy atom. The highest BCUT2D eigenvalue weighted by atomic mass is 16.6. The van der Waals surface area contributed by atoms with E-state index in [9.17, 15) is 19.8 Å². The number of aromatic nitrogens is 4. The van der Waals surface area contributed by atoms with Gasteiger partial charge in [-0.25, -0.2) is 19.7 Å². The smallest absolute Gasteiger partial charge is 0.409 e. The number of aliphatic hydroxyl groups excluding tert-OH is 2. The molecule has 13 nitrogen and oxygen atoms in total. The molecule has 5 N–H and O–H groups in total. The fraction of sp³-hybridized carbons (Fsp3) is 0.640. The quantitative estimate of drug-likeness (QED) is 0.383. The normalized spacial score (nSPS) is 23.9. The van der Waals surface area contributed by atoms with E-state index in [2.05, 4.69) is 32.1 Å². The van der Waals surface area contributed by atoms with E-state index in [0.717, 1.165) is 12.8 Å². The zero-order valence-electron chi connectivity index (χ0n) is 21.8. The Labute approximate surface area is 220 Å². The number of piperidine rings is 1. The van der Waals surface area contributed by atoms with Gasteiger partial charge in [-0.05, 0) is 37.5 Å². The van der Waals surface area contributed by atoms with Gasteiger partial charge in [-0.1, -0.05) is 19.8 Å². The highest BCUT2D eigenvalue weighted by Gasteiger charge is 2.47. The number of rotatable bonds is 6. The van der Waals surface area contributed by atoms with Crippen LogP contribution in [-0.2, 0) is 14.3 Å². The van der Waals surface area contributed by atoms with Gasteiger partial charge in [-0.2, -0.15) is 0 Å². The molecule has 0 bridgehead atoms. The van der Waals surface area contributed by atoms with Crippen LogP contribution in [0.25, 0.3) is 11.2 Å². The zero-order valence-corrected chi connectivity index (χ0v) is 21.8. The van der Waals surface area contributed by atoms with Crippen LogP contribution in [0.15, 0.2) is 6.33 Å². The van der Waals surface area contributed by atoms with Crippen LogP contribution < -0.4 is 11.1 Å². The Hall–Kier alpha value is -3.47. The minimum Gasteiger partial charge on any atom is -0.449 e. The molecule has 0 aliphatic carbocycles. The van der Waals surface area contributed by atoms with Crippen LogP contribution in [0.2, 0.25) is 0 Å². The number of hydrogen-bond donors (Lipinski definition) is 4. The van der Waals surface area contributed by atoms with Gasteiger partial charge in [0.1, 0.15) is 17.7 Å². The lowest BCUT2D eigenvalue weighted by molar-refractivity contribution is -0.137. The number of nitrogens with one attached hydrogen (secondary N) is 1. The SMILES string of the molecule is CCNC(=O)[C@H]1OC(n2cnc3c(N)nc(C#CCC4CCN(C(=O)OCC(C)C)CC4)nc32)C(O)C1O. The van der Waals surface area contributed by atoms with Gasteiger partial charge in [0.15, 0.2) is 23.8 Å². The van der Waals surface area contributed by atoms with Crippen LogP contribution in [0.4, 0.5) is 10.6 Å². The lowest BCUT2D eigenvalue weighted by Crippen LogP contribution is -2.42. The van der Waals surface area contributed by atoms with E-state index in [-0.39, 0.29) is 23.4 Å². The standard InChI is InChI=1S/C25H35N7O6/c1-4-27-23(35)20-18(33)19(34)24(38-20)32-13-28-17-21(26)29-16(30-22(17)32)7-5-6-15-8-10-31(11-9-15)25(36)37-12-14(2)3/h13-15,18-20,24,33-34H,4,6,8-12H2,1-3H3,(H,27,35)(H2,26,29,30)/t18?,19?,20-,24?/m0/s1. The van der Waals surface area contributed by atoms with Crippen molar-refractivity contribution in [2.75, 3.05) is 32.0 Å². The summed E-state index contributed by atoms with van der Waals surface area (Å²) >= 11 is 0. The molecular formula is C25H35N7O6. The highest BCUT2D eigenvalue weighted by molar-refractivity contribution is 5.83. The molecule has 3 unspecified atom stereocenters. The molecule has 2 aliphatic rings. The number of ether oxygens (including phenoxy) is 2. The number of likely N-dealkylation sites (tertiary alicyclic amines) is 1. The molecular weight excluding hydrogens is 494 g/mol. The number of carbonyl (C=O) groups is 2. The fourth-order valence-electron chi connectivity index (χ4n) is 4.48. The first-order valence-corrected chi connectivity index (χ1v) is 12.9. The number of anilines is 1. The van der Waals surface area contributed by atoms with E-state index in [1.807, 2.05) is 13.8 Å². The van der Waals surface area contributed by atoms with Crippen molar-refractivity contribution in [1.82, 2.24) is 29.7 Å². The van der Waals surface area contributed by atoms with Gasteiger partial charge in [0.2, 0.25) is 5.82 Å². The minimum absolute atomic E-state index is 0.111. The fourth-order valence-corrected chi connectivity index (χ4v) is 4.48. The van der Waals surface area contributed by atoms with Crippen molar-refractivity contribution < 1.29 is 29.3 Å². The Morgan fingerprint density at radius 3 is 2.68 bits per heavy atom. The molecule has 38 heavy (non-hydrogen) atoms. The third kappa shape index (κ3) is 5.98.